The number of hydrogen-bond donors (Lipinski definition) is 0. The number of carbonyl (C=O) groups is 1. The number of nitrogens with zero attached hydrogens (tertiary/aromatic N) is 2. The van der Waals surface area contributed by atoms with Crippen LogP contribution in [-0.2, 0) is 16.2 Å². The van der Waals surface area contributed by atoms with Crippen LogP contribution in [0.4, 0.5) is 17.1 Å². The van der Waals surface area contributed by atoms with E-state index >= 15 is 0 Å². The molecule has 3 aliphatic rings. The largest absolute Gasteiger partial charge is 0.497 e. The first-order valence-electron chi connectivity index (χ1n) is 29.5. The summed E-state index contributed by atoms with van der Waals surface area (Å²) in [5, 5.41) is 2.31. The summed E-state index contributed by atoms with van der Waals surface area (Å²) >= 11 is 0. The molecule has 6 heteroatoms. The summed E-state index contributed by atoms with van der Waals surface area (Å²) in [7, 11) is 1.72. The predicted molar refractivity (Wildman–Crippen MR) is 343 cm³/mol. The van der Waals surface area contributed by atoms with Crippen LogP contribution >= 0.6 is 0 Å². The van der Waals surface area contributed by atoms with Gasteiger partial charge in [0.05, 0.1) is 29.5 Å². The molecule has 10 aromatic carbocycles. The van der Waals surface area contributed by atoms with Gasteiger partial charge in [0, 0.05) is 62.4 Å². The van der Waals surface area contributed by atoms with Gasteiger partial charge in [-0.3, -0.25) is 4.79 Å². The van der Waals surface area contributed by atoms with Gasteiger partial charge in [0.15, 0.2) is 17.0 Å². The number of ether oxygens (including phenoxy) is 3. The predicted octanol–water partition coefficient (Wildman–Crippen LogP) is 19.1. The molecule has 1 aromatic heterocycles. The zero-order valence-electron chi connectivity index (χ0n) is 49.7. The van der Waals surface area contributed by atoms with E-state index in [1.54, 1.807) is 7.11 Å². The third-order valence-corrected chi connectivity index (χ3v) is 19.2. The molecule has 6 nitrogen and oxygen atoms in total. The standard InChI is InChI=1S/C78H70N2O4/c1-49-42-60(83-77-47-78(77,48-77)84-61-36-41-65(51(3)44-61)74(4,5)55-18-12-11-13-19-55)34-39-62(49)54-28-37-63-64-38-29-56(75(6,7)66-40-35-59(82-10)43-50(66)2)46-72(64)80(71(63)45-54)58-32-26-53(27-33-58)73(81)52-24-30-57(31-25-52)79-69-22-16-14-20-67(69)76(8,9)68-21-15-17-23-70(68)79/h11-46H,47-48H2,1-10H3. The topological polar surface area (TPSA) is 52.9 Å². The van der Waals surface area contributed by atoms with Crippen molar-refractivity contribution in [2.45, 2.75) is 103 Å². The Morgan fingerprint density at radius 1 is 0.464 bits per heavy atom. The SMILES string of the molecule is COc1ccc(C(C)(C)c2ccc3c4ccc(-c5ccc(OC67CC6(Oc6ccc(C(C)(C)c8ccccc8)c(C)c6)C7)cc5C)cc4n(-c4ccc(C(=O)c5ccc(N6c7ccccc7C(C)(C)c7ccccc76)cc5)cc4)c3c2)c(C)c1. The van der Waals surface area contributed by atoms with E-state index in [0.717, 1.165) is 91.3 Å². The summed E-state index contributed by atoms with van der Waals surface area (Å²) < 4.78 is 21.6. The van der Waals surface area contributed by atoms with Crippen LogP contribution in [0.15, 0.2) is 218 Å². The first-order chi connectivity index (χ1) is 40.4. The molecule has 2 aliphatic carbocycles. The maximum atomic E-state index is 14.5. The summed E-state index contributed by atoms with van der Waals surface area (Å²) in [6, 6.07) is 77.5. The highest BCUT2D eigenvalue weighted by Crippen LogP contribution is 2.74. The van der Waals surface area contributed by atoms with E-state index in [1.165, 1.54) is 44.5 Å². The monoisotopic (exact) mass is 1100 g/mol. The third-order valence-electron chi connectivity index (χ3n) is 19.2. The molecule has 0 bridgehead atoms. The molecule has 0 N–H and O–H groups in total. The van der Waals surface area contributed by atoms with Crippen LogP contribution in [-0.4, -0.2) is 28.7 Å². The van der Waals surface area contributed by atoms with Crippen LogP contribution in [0.2, 0.25) is 0 Å². The minimum absolute atomic E-state index is 0.0232. The molecule has 0 radical (unpaired) electrons. The average Bonchev–Trinajstić information content (AvgIpc) is 1.50. The fourth-order valence-electron chi connectivity index (χ4n) is 14.1. The van der Waals surface area contributed by atoms with Crippen LogP contribution in [0.3, 0.4) is 0 Å². The average molecular weight is 1100 g/mol. The molecular weight excluding hydrogens is 1030 g/mol. The van der Waals surface area contributed by atoms with E-state index in [0.29, 0.717) is 11.1 Å². The van der Waals surface area contributed by atoms with Gasteiger partial charge in [0.1, 0.15) is 17.2 Å². The van der Waals surface area contributed by atoms with Crippen molar-refractivity contribution in [1.82, 2.24) is 4.57 Å². The Morgan fingerprint density at radius 3 is 1.52 bits per heavy atom. The maximum Gasteiger partial charge on any atom is 0.193 e. The molecule has 2 fully saturated rings. The molecule has 1 aliphatic heterocycles. The number of aromatic nitrogens is 1. The van der Waals surface area contributed by atoms with Gasteiger partial charge >= 0.3 is 0 Å². The highest BCUT2D eigenvalue weighted by molar-refractivity contribution is 6.11. The Morgan fingerprint density at radius 2 is 0.952 bits per heavy atom. The van der Waals surface area contributed by atoms with Gasteiger partial charge in [0.2, 0.25) is 0 Å². The summed E-state index contributed by atoms with van der Waals surface area (Å²) in [4.78, 5) is 16.8. The molecule has 0 atom stereocenters. The molecule has 0 amide bonds. The first-order valence-corrected chi connectivity index (χ1v) is 29.5. The van der Waals surface area contributed by atoms with E-state index in [2.05, 4.69) is 266 Å². The molecule has 0 saturated heterocycles. The molecule has 416 valence electrons. The van der Waals surface area contributed by atoms with Crippen LogP contribution < -0.4 is 19.1 Å². The van der Waals surface area contributed by atoms with Crippen LogP contribution in [0.5, 0.6) is 17.2 Å². The normalized spacial score (nSPS) is 17.5. The molecule has 14 rings (SSSR count). The maximum absolute atomic E-state index is 14.5. The number of aryl methyl sites for hydroxylation is 3. The lowest BCUT2D eigenvalue weighted by Crippen LogP contribution is -2.30. The quantitative estimate of drug-likeness (QED) is 0.102. The lowest BCUT2D eigenvalue weighted by molar-refractivity contribution is 0.103. The van der Waals surface area contributed by atoms with Crippen LogP contribution in [0.25, 0.3) is 38.6 Å². The minimum atomic E-state index is -0.321. The number of carbonyl (C=O) groups excluding carboxylic acids is 1. The summed E-state index contributed by atoms with van der Waals surface area (Å²) in [6.07, 6.45) is 1.75. The van der Waals surface area contributed by atoms with Crippen molar-refractivity contribution in [3.05, 3.63) is 280 Å². The Kier molecular flexibility index (Phi) is 12.1. The van der Waals surface area contributed by atoms with E-state index < -0.39 is 0 Å². The second kappa shape index (κ2) is 19.2. The van der Waals surface area contributed by atoms with Gasteiger partial charge in [-0.05, 0) is 191 Å². The van der Waals surface area contributed by atoms with Crippen molar-refractivity contribution in [3.63, 3.8) is 0 Å². The lowest BCUT2D eigenvalue weighted by atomic mass is 9.73. The molecule has 2 heterocycles. The Balaban J connectivity index is 0.765. The number of rotatable bonds is 14. The van der Waals surface area contributed by atoms with Crippen molar-refractivity contribution in [2.75, 3.05) is 12.0 Å². The minimum Gasteiger partial charge on any atom is -0.497 e. The lowest BCUT2D eigenvalue weighted by Gasteiger charge is -2.42. The fourth-order valence-corrected chi connectivity index (χ4v) is 14.1. The fraction of sp³-hybridized carbons (Fsp3) is 0.218. The summed E-state index contributed by atoms with van der Waals surface area (Å²) in [5.74, 6) is 2.59. The summed E-state index contributed by atoms with van der Waals surface area (Å²) in [6.45, 7) is 20.3. The van der Waals surface area contributed by atoms with Crippen molar-refractivity contribution in [1.29, 1.82) is 0 Å². The van der Waals surface area contributed by atoms with Crippen LogP contribution in [0.1, 0.15) is 120 Å². The smallest absolute Gasteiger partial charge is 0.193 e. The first kappa shape index (κ1) is 52.9. The second-order valence-corrected chi connectivity index (χ2v) is 25.5. The van der Waals surface area contributed by atoms with Crippen molar-refractivity contribution >= 4 is 44.7 Å². The van der Waals surface area contributed by atoms with E-state index in [1.807, 2.05) is 24.3 Å². The number of fused-ring (bicyclic) bond motifs is 6. The zero-order valence-corrected chi connectivity index (χ0v) is 49.7. The van der Waals surface area contributed by atoms with Crippen molar-refractivity contribution in [2.24, 2.45) is 0 Å². The number of hydrogen-bond acceptors (Lipinski definition) is 5. The molecule has 2 saturated carbocycles. The van der Waals surface area contributed by atoms with Gasteiger partial charge in [-0.25, -0.2) is 0 Å². The van der Waals surface area contributed by atoms with E-state index in [4.69, 9.17) is 14.2 Å². The molecular formula is C78H70N2O4. The molecule has 11 aromatic rings. The molecule has 0 unspecified atom stereocenters. The number of ketones is 1. The van der Waals surface area contributed by atoms with Gasteiger partial charge in [0.25, 0.3) is 0 Å². The highest BCUT2D eigenvalue weighted by Gasteiger charge is 2.90. The van der Waals surface area contributed by atoms with Crippen molar-refractivity contribution in [3.8, 4) is 34.1 Å². The van der Waals surface area contributed by atoms with Gasteiger partial charge in [-0.15, -0.1) is 0 Å². The number of benzene rings is 10. The van der Waals surface area contributed by atoms with E-state index in [-0.39, 0.29) is 33.2 Å². The third kappa shape index (κ3) is 8.46. The summed E-state index contributed by atoms with van der Waals surface area (Å²) in [5.41, 5.74) is 19.9. The highest BCUT2D eigenvalue weighted by atomic mass is 16.6. The Labute approximate surface area is 493 Å². The Bertz CT molecular complexity index is 4390. The number of anilines is 3. The van der Waals surface area contributed by atoms with Gasteiger partial charge in [-0.1, -0.05) is 151 Å². The van der Waals surface area contributed by atoms with Gasteiger partial charge in [-0.2, -0.15) is 0 Å². The van der Waals surface area contributed by atoms with E-state index in [9.17, 15) is 4.79 Å². The molecule has 84 heavy (non-hydrogen) atoms. The second-order valence-electron chi connectivity index (χ2n) is 25.5. The number of para-hydroxylation sites is 2. The van der Waals surface area contributed by atoms with Crippen LogP contribution in [0, 0.1) is 20.8 Å². The van der Waals surface area contributed by atoms with Crippen molar-refractivity contribution < 1.29 is 19.0 Å². The zero-order chi connectivity index (χ0) is 58.1. The van der Waals surface area contributed by atoms with Gasteiger partial charge < -0.3 is 23.7 Å². The Hall–Kier alpha value is -9.13. The number of methoxy groups -OCH3 is 1. The molecule has 0 spiro atoms.